The fraction of sp³-hybridized carbons (Fsp3) is 0.533. The Labute approximate surface area is 248 Å². The highest BCUT2D eigenvalue weighted by molar-refractivity contribution is 7.89. The van der Waals surface area contributed by atoms with Crippen molar-refractivity contribution in [3.8, 4) is 0 Å². The Morgan fingerprint density at radius 1 is 1.02 bits per heavy atom. The Hall–Kier alpha value is -2.82. The van der Waals surface area contributed by atoms with Crippen molar-refractivity contribution in [1.82, 2.24) is 14.5 Å². The number of rotatable bonds is 7. The van der Waals surface area contributed by atoms with Crippen LogP contribution in [0.4, 0.5) is 10.5 Å². The highest BCUT2D eigenvalue weighted by Gasteiger charge is 2.39. The number of amides is 2. The molecule has 1 aliphatic heterocycles. The third-order valence-electron chi connectivity index (χ3n) is 7.51. The van der Waals surface area contributed by atoms with Crippen LogP contribution in [0, 0.1) is 5.92 Å². The summed E-state index contributed by atoms with van der Waals surface area (Å²) in [5.74, 6) is -0.150. The van der Waals surface area contributed by atoms with Gasteiger partial charge in [-0.05, 0) is 77.1 Å². The molecule has 1 heterocycles. The molecule has 1 aliphatic carbocycles. The minimum absolute atomic E-state index is 0.0528. The van der Waals surface area contributed by atoms with Crippen LogP contribution in [0.3, 0.4) is 0 Å². The molecule has 11 heteroatoms. The van der Waals surface area contributed by atoms with Crippen LogP contribution in [0.1, 0.15) is 65.0 Å². The molecule has 0 bridgehead atoms. The topological polar surface area (TPSA) is 108 Å². The predicted molar refractivity (Wildman–Crippen MR) is 160 cm³/mol. The van der Waals surface area contributed by atoms with Gasteiger partial charge in [0.1, 0.15) is 5.60 Å². The summed E-state index contributed by atoms with van der Waals surface area (Å²) in [6.07, 6.45) is 1.93. The maximum absolute atomic E-state index is 13.8. The SMILES string of the molecule is CCNc1cc(S(=O)(=O)N[C@H]2CC[C@H](C(=O)N3CCN(C(=O)OC(C)(C)C)C[C@@H]3c3ccccc3)CC2)ccc1Cl. The maximum atomic E-state index is 13.8. The summed E-state index contributed by atoms with van der Waals surface area (Å²) < 4.78 is 34.6. The van der Waals surface area contributed by atoms with Crippen LogP contribution in [0.2, 0.25) is 5.02 Å². The summed E-state index contributed by atoms with van der Waals surface area (Å²) in [4.78, 5) is 30.4. The molecule has 0 unspecified atom stereocenters. The lowest BCUT2D eigenvalue weighted by Crippen LogP contribution is -2.54. The normalized spacial score (nSPS) is 21.8. The molecule has 41 heavy (non-hydrogen) atoms. The summed E-state index contributed by atoms with van der Waals surface area (Å²) in [5, 5.41) is 3.54. The van der Waals surface area contributed by atoms with Crippen molar-refractivity contribution in [2.24, 2.45) is 5.92 Å². The minimum atomic E-state index is -3.74. The fourth-order valence-electron chi connectivity index (χ4n) is 5.48. The van der Waals surface area contributed by atoms with Gasteiger partial charge in [0.05, 0.1) is 21.6 Å². The molecule has 2 N–H and O–H groups in total. The molecule has 2 aromatic rings. The van der Waals surface area contributed by atoms with Gasteiger partial charge in [-0.15, -0.1) is 0 Å². The number of hydrogen-bond acceptors (Lipinski definition) is 6. The molecule has 9 nitrogen and oxygen atoms in total. The predicted octanol–water partition coefficient (Wildman–Crippen LogP) is 5.43. The molecule has 2 amide bonds. The number of benzene rings is 2. The van der Waals surface area contributed by atoms with Gasteiger partial charge in [-0.2, -0.15) is 0 Å². The van der Waals surface area contributed by atoms with E-state index < -0.39 is 15.6 Å². The third kappa shape index (κ3) is 7.93. The summed E-state index contributed by atoms with van der Waals surface area (Å²) in [5.41, 5.74) is 0.941. The van der Waals surface area contributed by atoms with E-state index in [1.54, 1.807) is 17.0 Å². The number of carbonyl (C=O) groups is 2. The number of sulfonamides is 1. The summed E-state index contributed by atoms with van der Waals surface area (Å²) in [6.45, 7) is 9.22. The van der Waals surface area contributed by atoms with Crippen molar-refractivity contribution in [3.05, 3.63) is 59.1 Å². The van der Waals surface area contributed by atoms with E-state index in [2.05, 4.69) is 10.0 Å². The molecule has 0 radical (unpaired) electrons. The number of ether oxygens (including phenoxy) is 1. The standard InChI is InChI=1S/C30H41ClN4O5S/c1-5-32-26-19-24(15-16-25(26)31)41(38,39)33-23-13-11-22(12-14-23)28(36)35-18-17-34(29(37)40-30(2,3)4)20-27(35)21-9-7-6-8-10-21/h6-10,15-16,19,22-23,27,32-33H,5,11-14,17-18,20H2,1-4H3/t22-,23-,27-/m1/s1. The Kier molecular flexibility index (Phi) is 9.87. The van der Waals surface area contributed by atoms with Crippen molar-refractivity contribution in [2.75, 3.05) is 31.5 Å². The summed E-state index contributed by atoms with van der Waals surface area (Å²) in [7, 11) is -3.74. The molecule has 0 aromatic heterocycles. The molecule has 4 rings (SSSR count). The van der Waals surface area contributed by atoms with Gasteiger partial charge in [0, 0.05) is 38.1 Å². The van der Waals surface area contributed by atoms with Crippen LogP contribution >= 0.6 is 11.6 Å². The van der Waals surface area contributed by atoms with Gasteiger partial charge in [0.25, 0.3) is 0 Å². The van der Waals surface area contributed by atoms with Crippen LogP contribution in [-0.4, -0.2) is 68.0 Å². The number of piperazine rings is 1. The average molecular weight is 605 g/mol. The van der Waals surface area contributed by atoms with Gasteiger partial charge in [-0.1, -0.05) is 41.9 Å². The Morgan fingerprint density at radius 2 is 1.71 bits per heavy atom. The number of nitrogens with zero attached hydrogens (tertiary/aromatic N) is 2. The Bertz CT molecular complexity index is 1320. The quantitative estimate of drug-likeness (QED) is 0.436. The second kappa shape index (κ2) is 13.0. The highest BCUT2D eigenvalue weighted by atomic mass is 35.5. The maximum Gasteiger partial charge on any atom is 0.410 e. The second-order valence-corrected chi connectivity index (χ2v) is 13.8. The van der Waals surface area contributed by atoms with E-state index >= 15 is 0 Å². The van der Waals surface area contributed by atoms with E-state index in [0.29, 0.717) is 62.6 Å². The molecular weight excluding hydrogens is 564 g/mol. The van der Waals surface area contributed by atoms with Crippen LogP contribution in [0.5, 0.6) is 0 Å². The zero-order chi connectivity index (χ0) is 29.8. The lowest BCUT2D eigenvalue weighted by atomic mass is 9.85. The first-order valence-electron chi connectivity index (χ1n) is 14.3. The number of hydrogen-bond donors (Lipinski definition) is 2. The first-order valence-corrected chi connectivity index (χ1v) is 16.1. The molecule has 1 saturated heterocycles. The van der Waals surface area contributed by atoms with Gasteiger partial charge in [0.15, 0.2) is 0 Å². The lowest BCUT2D eigenvalue weighted by molar-refractivity contribution is -0.142. The van der Waals surface area contributed by atoms with E-state index in [1.807, 2.05) is 62.9 Å². The molecule has 2 aromatic carbocycles. The van der Waals surface area contributed by atoms with Crippen molar-refractivity contribution in [3.63, 3.8) is 0 Å². The molecular formula is C30H41ClN4O5S. The largest absolute Gasteiger partial charge is 0.444 e. The van der Waals surface area contributed by atoms with Crippen LogP contribution in [-0.2, 0) is 19.6 Å². The van der Waals surface area contributed by atoms with Crippen molar-refractivity contribution in [1.29, 1.82) is 0 Å². The Morgan fingerprint density at radius 3 is 2.34 bits per heavy atom. The van der Waals surface area contributed by atoms with Gasteiger partial charge >= 0.3 is 6.09 Å². The van der Waals surface area contributed by atoms with Gasteiger partial charge in [0.2, 0.25) is 15.9 Å². The smallest absolute Gasteiger partial charge is 0.410 e. The van der Waals surface area contributed by atoms with Crippen LogP contribution < -0.4 is 10.0 Å². The highest BCUT2D eigenvalue weighted by Crippen LogP contribution is 2.33. The molecule has 1 atom stereocenters. The third-order valence-corrected chi connectivity index (χ3v) is 9.36. The van der Waals surface area contributed by atoms with Crippen molar-refractivity contribution < 1.29 is 22.7 Å². The molecule has 0 spiro atoms. The zero-order valence-electron chi connectivity index (χ0n) is 24.2. The van der Waals surface area contributed by atoms with E-state index in [0.717, 1.165) is 5.56 Å². The molecule has 2 aliphatic rings. The Balaban J connectivity index is 1.40. The monoisotopic (exact) mass is 604 g/mol. The molecule has 1 saturated carbocycles. The van der Waals surface area contributed by atoms with E-state index in [1.165, 1.54) is 6.07 Å². The number of nitrogens with one attached hydrogen (secondary N) is 2. The second-order valence-electron chi connectivity index (χ2n) is 11.7. The van der Waals surface area contributed by atoms with Crippen molar-refractivity contribution in [2.45, 2.75) is 76.0 Å². The minimum Gasteiger partial charge on any atom is -0.444 e. The lowest BCUT2D eigenvalue weighted by Gasteiger charge is -2.43. The van der Waals surface area contributed by atoms with E-state index in [-0.39, 0.29) is 34.9 Å². The van der Waals surface area contributed by atoms with Crippen LogP contribution in [0.15, 0.2) is 53.4 Å². The molecule has 224 valence electrons. The zero-order valence-corrected chi connectivity index (χ0v) is 25.8. The first kappa shape index (κ1) is 31.1. The first-order chi connectivity index (χ1) is 19.4. The van der Waals surface area contributed by atoms with E-state index in [9.17, 15) is 18.0 Å². The van der Waals surface area contributed by atoms with Gasteiger partial charge < -0.3 is 19.9 Å². The average Bonchev–Trinajstić information content (AvgIpc) is 2.93. The van der Waals surface area contributed by atoms with Crippen molar-refractivity contribution >= 4 is 39.3 Å². The number of anilines is 1. The van der Waals surface area contributed by atoms with Gasteiger partial charge in [-0.3, -0.25) is 4.79 Å². The number of halogens is 1. The summed E-state index contributed by atoms with van der Waals surface area (Å²) >= 11 is 6.19. The molecule has 2 fully saturated rings. The fourth-order valence-corrected chi connectivity index (χ4v) is 6.99. The van der Waals surface area contributed by atoms with Gasteiger partial charge in [-0.25, -0.2) is 17.9 Å². The number of carbonyl (C=O) groups excluding carboxylic acids is 2. The summed E-state index contributed by atoms with van der Waals surface area (Å²) in [6, 6.07) is 13.8. The van der Waals surface area contributed by atoms with E-state index in [4.69, 9.17) is 16.3 Å². The van der Waals surface area contributed by atoms with Crippen LogP contribution in [0.25, 0.3) is 0 Å².